The third-order valence-electron chi connectivity index (χ3n) is 3.81. The van der Waals surface area contributed by atoms with Gasteiger partial charge in [-0.1, -0.05) is 50.6 Å². The van der Waals surface area contributed by atoms with Crippen LogP contribution in [0.4, 0.5) is 0 Å². The smallest absolute Gasteiger partial charge is 0.0746 e. The lowest BCUT2D eigenvalue weighted by atomic mass is 9.91. The van der Waals surface area contributed by atoms with Crippen molar-refractivity contribution >= 4 is 0 Å². The minimum absolute atomic E-state index is 0.273. The average Bonchev–Trinajstić information content (AvgIpc) is 2.92. The topological polar surface area (TPSA) is 20.2 Å². The summed E-state index contributed by atoms with van der Waals surface area (Å²) in [4.78, 5) is 0. The standard InChI is InChI=1S/C14H20O/c1-3-7-13-10-14(13,15)11(2)12-8-5-4-6-9-12/h4-6,8-9,11,13,15H,3,7,10H2,1-2H3. The Morgan fingerprint density at radius 3 is 2.67 bits per heavy atom. The van der Waals surface area contributed by atoms with E-state index in [1.165, 1.54) is 12.0 Å². The molecule has 1 aliphatic carbocycles. The summed E-state index contributed by atoms with van der Waals surface area (Å²) < 4.78 is 0. The predicted octanol–water partition coefficient (Wildman–Crippen LogP) is 3.34. The molecule has 0 saturated heterocycles. The van der Waals surface area contributed by atoms with Gasteiger partial charge < -0.3 is 5.11 Å². The van der Waals surface area contributed by atoms with Gasteiger partial charge in [-0.2, -0.15) is 0 Å². The van der Waals surface area contributed by atoms with Crippen LogP contribution in [0.2, 0.25) is 0 Å². The highest BCUT2D eigenvalue weighted by atomic mass is 16.3. The molecular weight excluding hydrogens is 184 g/mol. The summed E-state index contributed by atoms with van der Waals surface area (Å²) in [7, 11) is 0. The second kappa shape index (κ2) is 3.97. The van der Waals surface area contributed by atoms with Crippen molar-refractivity contribution in [3.05, 3.63) is 35.9 Å². The molecule has 3 unspecified atom stereocenters. The molecule has 0 aromatic heterocycles. The first-order valence-electron chi connectivity index (χ1n) is 5.95. The molecule has 15 heavy (non-hydrogen) atoms. The van der Waals surface area contributed by atoms with E-state index in [0.717, 1.165) is 12.8 Å². The largest absolute Gasteiger partial charge is 0.389 e. The zero-order valence-electron chi connectivity index (χ0n) is 9.61. The van der Waals surface area contributed by atoms with Gasteiger partial charge in [0.2, 0.25) is 0 Å². The van der Waals surface area contributed by atoms with Crippen LogP contribution in [0.3, 0.4) is 0 Å². The fraction of sp³-hybridized carbons (Fsp3) is 0.571. The average molecular weight is 204 g/mol. The quantitative estimate of drug-likeness (QED) is 0.797. The van der Waals surface area contributed by atoms with E-state index in [-0.39, 0.29) is 5.92 Å². The summed E-state index contributed by atoms with van der Waals surface area (Å²) in [6.45, 7) is 4.33. The fourth-order valence-electron chi connectivity index (χ4n) is 2.60. The Morgan fingerprint density at radius 1 is 1.40 bits per heavy atom. The van der Waals surface area contributed by atoms with Gasteiger partial charge >= 0.3 is 0 Å². The number of aliphatic hydroxyl groups is 1. The maximum atomic E-state index is 10.4. The Balaban J connectivity index is 2.07. The van der Waals surface area contributed by atoms with Crippen molar-refractivity contribution in [2.75, 3.05) is 0 Å². The molecule has 0 amide bonds. The lowest BCUT2D eigenvalue weighted by Gasteiger charge is -2.20. The van der Waals surface area contributed by atoms with Crippen LogP contribution in [0.1, 0.15) is 44.6 Å². The summed E-state index contributed by atoms with van der Waals surface area (Å²) in [6, 6.07) is 10.4. The van der Waals surface area contributed by atoms with Crippen molar-refractivity contribution in [3.63, 3.8) is 0 Å². The lowest BCUT2D eigenvalue weighted by Crippen LogP contribution is -2.20. The first-order chi connectivity index (χ1) is 7.18. The summed E-state index contributed by atoms with van der Waals surface area (Å²) in [5.74, 6) is 0.799. The van der Waals surface area contributed by atoms with Crippen LogP contribution >= 0.6 is 0 Å². The number of hydrogen-bond acceptors (Lipinski definition) is 1. The molecule has 1 aromatic rings. The Hall–Kier alpha value is -0.820. The molecule has 0 radical (unpaired) electrons. The predicted molar refractivity (Wildman–Crippen MR) is 62.8 cm³/mol. The summed E-state index contributed by atoms with van der Waals surface area (Å²) in [6.07, 6.45) is 3.32. The highest BCUT2D eigenvalue weighted by Crippen LogP contribution is 2.54. The van der Waals surface area contributed by atoms with Gasteiger partial charge in [0.15, 0.2) is 0 Å². The van der Waals surface area contributed by atoms with E-state index in [1.54, 1.807) is 0 Å². The third kappa shape index (κ3) is 1.93. The molecule has 0 spiro atoms. The fourth-order valence-corrected chi connectivity index (χ4v) is 2.60. The van der Waals surface area contributed by atoms with Gasteiger partial charge in [0.25, 0.3) is 0 Å². The van der Waals surface area contributed by atoms with Gasteiger partial charge in [0.05, 0.1) is 5.60 Å². The Labute approximate surface area is 92.1 Å². The van der Waals surface area contributed by atoms with Crippen LogP contribution in [0.25, 0.3) is 0 Å². The molecule has 82 valence electrons. The van der Waals surface area contributed by atoms with E-state index in [9.17, 15) is 5.11 Å². The Kier molecular flexibility index (Phi) is 2.83. The molecule has 0 heterocycles. The molecule has 1 heteroatoms. The number of benzene rings is 1. The molecule has 1 aromatic carbocycles. The zero-order valence-corrected chi connectivity index (χ0v) is 9.61. The third-order valence-corrected chi connectivity index (χ3v) is 3.81. The molecule has 1 N–H and O–H groups in total. The molecule has 1 saturated carbocycles. The maximum Gasteiger partial charge on any atom is 0.0746 e. The van der Waals surface area contributed by atoms with E-state index in [0.29, 0.717) is 5.92 Å². The monoisotopic (exact) mass is 204 g/mol. The first-order valence-corrected chi connectivity index (χ1v) is 5.95. The maximum absolute atomic E-state index is 10.4. The molecule has 3 atom stereocenters. The van der Waals surface area contributed by atoms with Gasteiger partial charge in [-0.25, -0.2) is 0 Å². The molecule has 1 fully saturated rings. The van der Waals surface area contributed by atoms with Crippen molar-refractivity contribution < 1.29 is 5.11 Å². The summed E-state index contributed by atoms with van der Waals surface area (Å²) in [5.41, 5.74) is 0.843. The van der Waals surface area contributed by atoms with Crippen LogP contribution in [0, 0.1) is 5.92 Å². The van der Waals surface area contributed by atoms with Crippen molar-refractivity contribution in [2.24, 2.45) is 5.92 Å². The highest BCUT2D eigenvalue weighted by Gasteiger charge is 2.55. The Morgan fingerprint density at radius 2 is 2.07 bits per heavy atom. The van der Waals surface area contributed by atoms with E-state index < -0.39 is 5.60 Å². The van der Waals surface area contributed by atoms with Gasteiger partial charge in [0, 0.05) is 5.92 Å². The van der Waals surface area contributed by atoms with Crippen molar-refractivity contribution in [1.29, 1.82) is 0 Å². The lowest BCUT2D eigenvalue weighted by molar-refractivity contribution is 0.104. The normalized spacial score (nSPS) is 31.3. The van der Waals surface area contributed by atoms with Crippen LogP contribution < -0.4 is 0 Å². The van der Waals surface area contributed by atoms with Gasteiger partial charge in [-0.15, -0.1) is 0 Å². The second-order valence-corrected chi connectivity index (χ2v) is 4.81. The van der Waals surface area contributed by atoms with Crippen LogP contribution in [-0.4, -0.2) is 10.7 Å². The van der Waals surface area contributed by atoms with Gasteiger partial charge in [-0.05, 0) is 24.3 Å². The SMILES string of the molecule is CCCC1CC1(O)C(C)c1ccccc1. The van der Waals surface area contributed by atoms with Gasteiger partial charge in [-0.3, -0.25) is 0 Å². The van der Waals surface area contributed by atoms with E-state index >= 15 is 0 Å². The molecule has 0 aliphatic heterocycles. The second-order valence-electron chi connectivity index (χ2n) is 4.81. The van der Waals surface area contributed by atoms with Crippen molar-refractivity contribution in [3.8, 4) is 0 Å². The first kappa shape index (κ1) is 10.7. The van der Waals surface area contributed by atoms with Crippen LogP contribution in [-0.2, 0) is 0 Å². The Bertz CT molecular complexity index is 319. The van der Waals surface area contributed by atoms with Crippen LogP contribution in [0.5, 0.6) is 0 Å². The molecule has 0 bridgehead atoms. The van der Waals surface area contributed by atoms with Gasteiger partial charge in [0.1, 0.15) is 0 Å². The van der Waals surface area contributed by atoms with E-state index in [1.807, 2.05) is 18.2 Å². The number of hydrogen-bond donors (Lipinski definition) is 1. The minimum Gasteiger partial charge on any atom is -0.389 e. The molecule has 1 nitrogen and oxygen atoms in total. The zero-order chi connectivity index (χ0) is 10.9. The molecule has 2 rings (SSSR count). The van der Waals surface area contributed by atoms with E-state index in [2.05, 4.69) is 26.0 Å². The number of rotatable bonds is 4. The van der Waals surface area contributed by atoms with Crippen molar-refractivity contribution in [1.82, 2.24) is 0 Å². The highest BCUT2D eigenvalue weighted by molar-refractivity contribution is 5.26. The summed E-state index contributed by atoms with van der Waals surface area (Å²) in [5, 5.41) is 10.4. The summed E-state index contributed by atoms with van der Waals surface area (Å²) >= 11 is 0. The van der Waals surface area contributed by atoms with Crippen molar-refractivity contribution in [2.45, 2.75) is 44.6 Å². The molecule has 1 aliphatic rings. The van der Waals surface area contributed by atoms with Crippen LogP contribution in [0.15, 0.2) is 30.3 Å². The van der Waals surface area contributed by atoms with E-state index in [4.69, 9.17) is 0 Å². The molecular formula is C14H20O. The minimum atomic E-state index is -0.419.